The van der Waals surface area contributed by atoms with Crippen LogP contribution in [0.5, 0.6) is 5.75 Å². The van der Waals surface area contributed by atoms with E-state index in [0.717, 1.165) is 11.1 Å². The van der Waals surface area contributed by atoms with Gasteiger partial charge in [0.15, 0.2) is 0 Å². The van der Waals surface area contributed by atoms with E-state index < -0.39 is 20.0 Å². The number of aryl methyl sites for hydroxylation is 3. The maximum absolute atomic E-state index is 13.3. The summed E-state index contributed by atoms with van der Waals surface area (Å²) in [5.41, 5.74) is 4.07. The van der Waals surface area contributed by atoms with Gasteiger partial charge in [-0.2, -0.15) is 0 Å². The van der Waals surface area contributed by atoms with E-state index in [1.807, 2.05) is 19.9 Å². The third-order valence-corrected chi connectivity index (χ3v) is 8.82. The molecule has 0 unspecified atom stereocenters. The van der Waals surface area contributed by atoms with E-state index in [0.29, 0.717) is 28.1 Å². The van der Waals surface area contributed by atoms with E-state index in [-0.39, 0.29) is 15.5 Å². The predicted molar refractivity (Wildman–Crippen MR) is 131 cm³/mol. The second kappa shape index (κ2) is 9.07. The third-order valence-electron chi connectivity index (χ3n) is 5.64. The molecule has 0 fully saturated rings. The highest BCUT2D eigenvalue weighted by molar-refractivity contribution is 7.93. The Hall–Kier alpha value is -3.04. The van der Waals surface area contributed by atoms with Gasteiger partial charge in [-0.25, -0.2) is 16.8 Å². The lowest BCUT2D eigenvalue weighted by molar-refractivity contribution is 0.415. The second-order valence-electron chi connectivity index (χ2n) is 8.01. The smallest absolute Gasteiger partial charge is 0.262 e. The van der Waals surface area contributed by atoms with Crippen molar-refractivity contribution in [3.63, 3.8) is 0 Å². The number of nitrogens with one attached hydrogen (secondary N) is 2. The molecule has 33 heavy (non-hydrogen) atoms. The Morgan fingerprint density at radius 2 is 1.15 bits per heavy atom. The largest absolute Gasteiger partial charge is 0.497 e. The van der Waals surface area contributed by atoms with Crippen LogP contribution in [0.3, 0.4) is 0 Å². The van der Waals surface area contributed by atoms with Crippen molar-refractivity contribution >= 4 is 31.4 Å². The first kappa shape index (κ1) is 24.6. The van der Waals surface area contributed by atoms with Crippen LogP contribution in [0.15, 0.2) is 58.3 Å². The normalized spacial score (nSPS) is 11.8. The Morgan fingerprint density at radius 1 is 0.636 bits per heavy atom. The van der Waals surface area contributed by atoms with E-state index in [1.165, 1.54) is 13.2 Å². The molecular weight excluding hydrogens is 460 g/mol. The van der Waals surface area contributed by atoms with Crippen molar-refractivity contribution < 1.29 is 21.6 Å². The summed E-state index contributed by atoms with van der Waals surface area (Å²) in [7, 11) is -6.38. The summed E-state index contributed by atoms with van der Waals surface area (Å²) >= 11 is 0. The first-order valence-corrected chi connectivity index (χ1v) is 13.2. The van der Waals surface area contributed by atoms with Crippen molar-refractivity contribution in [2.24, 2.45) is 0 Å². The van der Waals surface area contributed by atoms with Gasteiger partial charge in [-0.15, -0.1) is 0 Å². The Balaban J connectivity index is 1.98. The highest BCUT2D eigenvalue weighted by Crippen LogP contribution is 2.29. The lowest BCUT2D eigenvalue weighted by atomic mass is 10.0. The molecular formula is C24H28N2O5S2. The van der Waals surface area contributed by atoms with Gasteiger partial charge in [0.2, 0.25) is 0 Å². The highest BCUT2D eigenvalue weighted by atomic mass is 32.2. The van der Waals surface area contributed by atoms with Crippen LogP contribution < -0.4 is 14.2 Å². The number of benzene rings is 3. The van der Waals surface area contributed by atoms with Crippen molar-refractivity contribution in [2.45, 2.75) is 44.4 Å². The van der Waals surface area contributed by atoms with E-state index >= 15 is 0 Å². The average Bonchev–Trinajstić information content (AvgIpc) is 2.73. The van der Waals surface area contributed by atoms with Crippen molar-refractivity contribution in [1.29, 1.82) is 0 Å². The molecule has 2 N–H and O–H groups in total. The van der Waals surface area contributed by atoms with E-state index in [4.69, 9.17) is 4.74 Å². The van der Waals surface area contributed by atoms with E-state index in [2.05, 4.69) is 9.44 Å². The molecule has 0 aliphatic carbocycles. The van der Waals surface area contributed by atoms with Gasteiger partial charge in [-0.3, -0.25) is 9.44 Å². The second-order valence-corrected chi connectivity index (χ2v) is 11.3. The number of methoxy groups -OCH3 is 1. The number of anilines is 2. The number of ether oxygens (including phenoxy) is 1. The molecule has 0 aliphatic rings. The summed E-state index contributed by atoms with van der Waals surface area (Å²) in [6.07, 6.45) is 0. The molecule has 0 saturated carbocycles. The molecule has 9 heteroatoms. The molecule has 0 aliphatic heterocycles. The van der Waals surface area contributed by atoms with Crippen LogP contribution in [0.4, 0.5) is 11.4 Å². The first-order chi connectivity index (χ1) is 15.4. The van der Waals surface area contributed by atoms with Gasteiger partial charge in [-0.1, -0.05) is 12.1 Å². The Bertz CT molecular complexity index is 1390. The zero-order valence-corrected chi connectivity index (χ0v) is 21.1. The number of sulfonamides is 2. The van der Waals surface area contributed by atoms with Gasteiger partial charge in [0.25, 0.3) is 20.0 Å². The first-order valence-electron chi connectivity index (χ1n) is 10.2. The fraction of sp³-hybridized carbons (Fsp3) is 0.250. The lowest BCUT2D eigenvalue weighted by Crippen LogP contribution is -2.18. The molecule has 3 rings (SSSR count). The maximum atomic E-state index is 13.3. The number of hydrogen-bond donors (Lipinski definition) is 2. The molecule has 0 aromatic heterocycles. The van der Waals surface area contributed by atoms with Crippen molar-refractivity contribution in [2.75, 3.05) is 16.6 Å². The molecule has 176 valence electrons. The van der Waals surface area contributed by atoms with Gasteiger partial charge < -0.3 is 4.74 Å². The fourth-order valence-corrected chi connectivity index (χ4v) is 6.61. The van der Waals surface area contributed by atoms with Crippen LogP contribution >= 0.6 is 0 Å². The maximum Gasteiger partial charge on any atom is 0.262 e. The van der Waals surface area contributed by atoms with Gasteiger partial charge in [0, 0.05) is 5.69 Å². The van der Waals surface area contributed by atoms with Gasteiger partial charge >= 0.3 is 0 Å². The average molecular weight is 489 g/mol. The summed E-state index contributed by atoms with van der Waals surface area (Å²) in [5, 5.41) is 0. The summed E-state index contributed by atoms with van der Waals surface area (Å²) < 4.78 is 62.8. The van der Waals surface area contributed by atoms with Crippen molar-refractivity contribution in [1.82, 2.24) is 0 Å². The lowest BCUT2D eigenvalue weighted by Gasteiger charge is -2.18. The van der Waals surface area contributed by atoms with Crippen LogP contribution in [0.1, 0.15) is 27.8 Å². The van der Waals surface area contributed by atoms with Crippen LogP contribution in [-0.2, 0) is 20.0 Å². The minimum Gasteiger partial charge on any atom is -0.497 e. The highest BCUT2D eigenvalue weighted by Gasteiger charge is 2.24. The Labute approximate surface area is 195 Å². The molecule has 3 aromatic carbocycles. The van der Waals surface area contributed by atoms with Crippen LogP contribution in [-0.4, -0.2) is 23.9 Å². The monoisotopic (exact) mass is 488 g/mol. The predicted octanol–water partition coefficient (Wildman–Crippen LogP) is 4.84. The van der Waals surface area contributed by atoms with Crippen molar-refractivity contribution in [3.8, 4) is 5.75 Å². The zero-order valence-electron chi connectivity index (χ0n) is 19.5. The molecule has 0 atom stereocenters. The number of rotatable bonds is 7. The molecule has 0 saturated heterocycles. The summed E-state index contributed by atoms with van der Waals surface area (Å²) in [6.45, 7) is 8.91. The summed E-state index contributed by atoms with van der Waals surface area (Å²) in [5.74, 6) is 0.600. The van der Waals surface area contributed by atoms with Gasteiger partial charge in [-0.05, 0) is 98.8 Å². The topological polar surface area (TPSA) is 102 Å². The molecule has 0 bridgehead atoms. The zero-order chi connectivity index (χ0) is 24.6. The Morgan fingerprint density at radius 3 is 1.70 bits per heavy atom. The quantitative estimate of drug-likeness (QED) is 0.496. The standard InChI is InChI=1S/C24H28N2O5S2/c1-15-7-8-21(26-33(29,30)24-18(4)16(2)13-17(3)19(24)5)14-23(15)32(27,28)25-20-9-11-22(31-6)12-10-20/h7-14,25-26H,1-6H3. The van der Waals surface area contributed by atoms with E-state index in [1.54, 1.807) is 57.2 Å². The fourth-order valence-electron chi connectivity index (χ4n) is 3.61. The minimum absolute atomic E-state index is 0.0209. The van der Waals surface area contributed by atoms with Gasteiger partial charge in [0.1, 0.15) is 5.75 Å². The molecule has 0 amide bonds. The van der Waals surface area contributed by atoms with Crippen LogP contribution in [0.25, 0.3) is 0 Å². The Kier molecular flexibility index (Phi) is 6.76. The SMILES string of the molecule is COc1ccc(NS(=O)(=O)c2cc(NS(=O)(=O)c3c(C)c(C)cc(C)c3C)ccc2C)cc1. The summed E-state index contributed by atoms with van der Waals surface area (Å²) in [4.78, 5) is 0.189. The van der Waals surface area contributed by atoms with E-state index in [9.17, 15) is 16.8 Å². The molecule has 3 aromatic rings. The number of hydrogen-bond acceptors (Lipinski definition) is 5. The molecule has 0 spiro atoms. The third kappa shape index (κ3) is 5.15. The minimum atomic E-state index is -3.96. The molecule has 0 radical (unpaired) electrons. The van der Waals surface area contributed by atoms with Gasteiger partial charge in [0.05, 0.1) is 22.6 Å². The van der Waals surface area contributed by atoms with Crippen molar-refractivity contribution in [3.05, 3.63) is 76.3 Å². The summed E-state index contributed by atoms with van der Waals surface area (Å²) in [6, 6.07) is 12.9. The van der Waals surface area contributed by atoms with Crippen LogP contribution in [0.2, 0.25) is 0 Å². The molecule has 0 heterocycles. The van der Waals surface area contributed by atoms with Crippen LogP contribution in [0, 0.1) is 34.6 Å². The molecule has 7 nitrogen and oxygen atoms in total.